The molecule has 0 saturated heterocycles. The van der Waals surface area contributed by atoms with E-state index in [1.54, 1.807) is 0 Å². The zero-order chi connectivity index (χ0) is 43.1. The molecule has 0 bridgehead atoms. The van der Waals surface area contributed by atoms with E-state index in [0.717, 1.165) is 57.8 Å². The van der Waals surface area contributed by atoms with E-state index in [0.29, 0.717) is 19.3 Å². The van der Waals surface area contributed by atoms with Gasteiger partial charge >= 0.3 is 5.97 Å². The van der Waals surface area contributed by atoms with Gasteiger partial charge in [0.05, 0.1) is 25.2 Å². The Morgan fingerprint density at radius 2 is 0.915 bits per heavy atom. The fourth-order valence-corrected chi connectivity index (χ4v) is 7.23. The molecular weight excluding hydrogens is 731 g/mol. The Bertz CT molecular complexity index is 1110. The Morgan fingerprint density at radius 3 is 1.36 bits per heavy atom. The normalized spacial score (nSPS) is 13.9. The van der Waals surface area contributed by atoms with Crippen LogP contribution in [0, 0.1) is 0 Å². The molecule has 6 nitrogen and oxygen atoms in total. The third-order valence-corrected chi connectivity index (χ3v) is 11.0. The molecule has 0 aliphatic heterocycles. The summed E-state index contributed by atoms with van der Waals surface area (Å²) in [4.78, 5) is 26.1. The van der Waals surface area contributed by atoms with Crippen molar-refractivity contribution in [2.75, 3.05) is 6.61 Å². The van der Waals surface area contributed by atoms with Crippen molar-refractivity contribution in [2.24, 2.45) is 0 Å². The first-order valence-electron chi connectivity index (χ1n) is 24.7. The predicted octanol–water partition coefficient (Wildman–Crippen LogP) is 14.6. The summed E-state index contributed by atoms with van der Waals surface area (Å²) in [6, 6.07) is -0.726. The van der Waals surface area contributed by atoms with Gasteiger partial charge in [-0.25, -0.2) is 0 Å². The van der Waals surface area contributed by atoms with Crippen LogP contribution < -0.4 is 5.32 Å². The number of allylic oxidation sites excluding steroid dienone is 12. The van der Waals surface area contributed by atoms with Crippen molar-refractivity contribution < 1.29 is 24.5 Å². The average Bonchev–Trinajstić information content (AvgIpc) is 3.23. The van der Waals surface area contributed by atoms with Crippen LogP contribution in [0.1, 0.15) is 226 Å². The highest BCUT2D eigenvalue weighted by Crippen LogP contribution is 2.17. The van der Waals surface area contributed by atoms with Crippen LogP contribution in [0.3, 0.4) is 0 Å². The highest BCUT2D eigenvalue weighted by molar-refractivity contribution is 5.77. The minimum absolute atomic E-state index is 0.0259. The first-order chi connectivity index (χ1) is 29.0. The first-order valence-corrected chi connectivity index (χ1v) is 24.7. The number of esters is 1. The van der Waals surface area contributed by atoms with Gasteiger partial charge in [0.1, 0.15) is 6.10 Å². The number of nitrogens with one attached hydrogen (secondary N) is 1. The first kappa shape index (κ1) is 56.3. The van der Waals surface area contributed by atoms with Crippen molar-refractivity contribution in [3.63, 3.8) is 0 Å². The lowest BCUT2D eigenvalue weighted by atomic mass is 10.0. The van der Waals surface area contributed by atoms with Crippen molar-refractivity contribution in [1.29, 1.82) is 0 Å². The quantitative estimate of drug-likeness (QED) is 0.0323. The lowest BCUT2D eigenvalue weighted by Crippen LogP contribution is -2.46. The number of hydrogen-bond acceptors (Lipinski definition) is 5. The van der Waals surface area contributed by atoms with Crippen molar-refractivity contribution >= 4 is 11.9 Å². The van der Waals surface area contributed by atoms with Crippen LogP contribution in [0.2, 0.25) is 0 Å². The maximum Gasteiger partial charge on any atom is 0.306 e. The van der Waals surface area contributed by atoms with Gasteiger partial charge in [0, 0.05) is 6.42 Å². The van der Waals surface area contributed by atoms with Gasteiger partial charge in [-0.2, -0.15) is 0 Å². The number of aliphatic hydroxyl groups excluding tert-OH is 2. The maximum atomic E-state index is 13.2. The summed E-state index contributed by atoms with van der Waals surface area (Å²) in [6.45, 7) is 6.31. The Balaban J connectivity index is 4.73. The van der Waals surface area contributed by atoms with E-state index in [2.05, 4.69) is 38.2 Å². The second-order valence-corrected chi connectivity index (χ2v) is 16.6. The van der Waals surface area contributed by atoms with Gasteiger partial charge < -0.3 is 20.3 Å². The zero-order valence-corrected chi connectivity index (χ0v) is 38.6. The molecule has 0 aliphatic carbocycles. The van der Waals surface area contributed by atoms with Crippen LogP contribution in [0.5, 0.6) is 0 Å². The Labute approximate surface area is 364 Å². The number of carbonyl (C=O) groups is 2. The highest BCUT2D eigenvalue weighted by Gasteiger charge is 2.24. The van der Waals surface area contributed by atoms with Gasteiger partial charge in [-0.05, 0) is 38.5 Å². The molecule has 0 radical (unpaired) electrons. The summed E-state index contributed by atoms with van der Waals surface area (Å²) in [6.07, 6.45) is 58.2. The molecular formula is C53H93NO5. The summed E-state index contributed by atoms with van der Waals surface area (Å²) < 4.78 is 5.88. The van der Waals surface area contributed by atoms with E-state index in [-0.39, 0.29) is 24.9 Å². The molecule has 0 aromatic rings. The second kappa shape index (κ2) is 46.4. The van der Waals surface area contributed by atoms with Crippen molar-refractivity contribution in [1.82, 2.24) is 5.32 Å². The van der Waals surface area contributed by atoms with Crippen molar-refractivity contribution in [3.8, 4) is 0 Å². The Morgan fingerprint density at radius 1 is 0.508 bits per heavy atom. The minimum Gasteiger partial charge on any atom is -0.462 e. The molecule has 0 aromatic heterocycles. The van der Waals surface area contributed by atoms with Crippen LogP contribution in [-0.2, 0) is 14.3 Å². The smallest absolute Gasteiger partial charge is 0.306 e. The van der Waals surface area contributed by atoms with E-state index >= 15 is 0 Å². The summed E-state index contributed by atoms with van der Waals surface area (Å²) in [5.41, 5.74) is 0. The van der Waals surface area contributed by atoms with Crippen LogP contribution in [0.25, 0.3) is 0 Å². The lowest BCUT2D eigenvalue weighted by Gasteiger charge is -2.24. The van der Waals surface area contributed by atoms with E-state index in [1.807, 2.05) is 60.8 Å². The Kier molecular flexibility index (Phi) is 44.2. The number of hydrogen-bond donors (Lipinski definition) is 3. The van der Waals surface area contributed by atoms with Gasteiger partial charge in [0.2, 0.25) is 5.91 Å². The van der Waals surface area contributed by atoms with E-state index in [4.69, 9.17) is 4.74 Å². The number of carbonyl (C=O) groups excluding carboxylic acids is 2. The number of aliphatic hydroxyl groups is 2. The van der Waals surface area contributed by atoms with Gasteiger partial charge in [-0.1, -0.05) is 248 Å². The molecule has 0 saturated carbocycles. The van der Waals surface area contributed by atoms with Crippen molar-refractivity contribution in [3.05, 3.63) is 72.9 Å². The second-order valence-electron chi connectivity index (χ2n) is 16.6. The van der Waals surface area contributed by atoms with Crippen LogP contribution in [-0.4, -0.2) is 46.9 Å². The number of amides is 1. The summed E-state index contributed by atoms with van der Waals surface area (Å²) >= 11 is 0. The van der Waals surface area contributed by atoms with E-state index < -0.39 is 18.2 Å². The summed E-state index contributed by atoms with van der Waals surface area (Å²) in [5, 5.41) is 23.7. The molecule has 6 heteroatoms. The monoisotopic (exact) mass is 824 g/mol. The van der Waals surface area contributed by atoms with E-state index in [9.17, 15) is 19.8 Å². The SMILES string of the molecule is CC\C=C/C=C/C=C/C=C\C=C\C=C\CCCC(CC(=O)NC(CO)C(O)CCCCCCCCCCCCCCC)OC(=O)CCCCCCCCCCCCCC. The molecule has 0 aliphatic rings. The largest absolute Gasteiger partial charge is 0.462 e. The molecule has 0 spiro atoms. The van der Waals surface area contributed by atoms with Gasteiger partial charge in [0.25, 0.3) is 0 Å². The molecule has 59 heavy (non-hydrogen) atoms. The third-order valence-electron chi connectivity index (χ3n) is 11.0. The fraction of sp³-hybridized carbons (Fsp3) is 0.736. The molecule has 0 heterocycles. The molecule has 340 valence electrons. The minimum atomic E-state index is -0.808. The Hall–Kier alpha value is -2.70. The van der Waals surface area contributed by atoms with E-state index in [1.165, 1.54) is 122 Å². The summed E-state index contributed by atoms with van der Waals surface area (Å²) in [5.74, 6) is -0.549. The zero-order valence-electron chi connectivity index (χ0n) is 38.6. The molecule has 3 atom stereocenters. The highest BCUT2D eigenvalue weighted by atomic mass is 16.5. The molecule has 3 unspecified atom stereocenters. The van der Waals surface area contributed by atoms with Crippen molar-refractivity contribution in [2.45, 2.75) is 244 Å². The third kappa shape index (κ3) is 41.8. The maximum absolute atomic E-state index is 13.2. The molecule has 0 aromatic carbocycles. The molecule has 0 fully saturated rings. The van der Waals surface area contributed by atoms with Gasteiger partial charge in [0.15, 0.2) is 0 Å². The van der Waals surface area contributed by atoms with Crippen LogP contribution in [0.15, 0.2) is 72.9 Å². The number of rotatable bonds is 43. The molecule has 0 rings (SSSR count). The molecule has 1 amide bonds. The standard InChI is InChI=1S/C53H93NO5/c1-4-7-10-13-16-19-22-25-26-28-29-32-35-38-41-44-49(59-53(58)46-43-40-37-34-31-24-21-18-15-12-9-6-3)47-52(57)54-50(48-55)51(56)45-42-39-36-33-30-27-23-20-17-14-11-8-5-2/h7,10,13,16,19,22,25-26,28-29,32,35,49-51,55-56H,4-6,8-9,11-12,14-15,17-18,20-21,23-24,27,30-31,33-34,36-48H2,1-3H3,(H,54,57)/b10-7-,16-13+,22-19+,26-25-,29-28+,35-32+. The fourth-order valence-electron chi connectivity index (χ4n) is 7.23. The average molecular weight is 824 g/mol. The lowest BCUT2D eigenvalue weighted by molar-refractivity contribution is -0.151. The van der Waals surface area contributed by atoms with Gasteiger partial charge in [-0.15, -0.1) is 0 Å². The molecule has 3 N–H and O–H groups in total. The van der Waals surface area contributed by atoms with Crippen LogP contribution in [0.4, 0.5) is 0 Å². The van der Waals surface area contributed by atoms with Gasteiger partial charge in [-0.3, -0.25) is 9.59 Å². The predicted molar refractivity (Wildman–Crippen MR) is 255 cm³/mol. The topological polar surface area (TPSA) is 95.9 Å². The van der Waals surface area contributed by atoms with Crippen LogP contribution >= 0.6 is 0 Å². The number of unbranched alkanes of at least 4 members (excludes halogenated alkanes) is 24. The number of ether oxygens (including phenoxy) is 1. The summed E-state index contributed by atoms with van der Waals surface area (Å²) in [7, 11) is 0.